The predicted octanol–water partition coefficient (Wildman–Crippen LogP) is 2.92. The molecule has 7 nitrogen and oxygen atoms in total. The highest BCUT2D eigenvalue weighted by Crippen LogP contribution is 2.31. The second kappa shape index (κ2) is 9.91. The molecular weight excluding hydrogens is 358 g/mol. The molecule has 28 heavy (non-hydrogen) atoms. The number of carbonyl (C=O) groups excluding carboxylic acids is 2. The van der Waals surface area contributed by atoms with Crippen molar-refractivity contribution >= 4 is 23.7 Å². The Labute approximate surface area is 163 Å². The number of rotatable bonds is 8. The Bertz CT molecular complexity index is 889. The summed E-state index contributed by atoms with van der Waals surface area (Å²) in [4.78, 5) is 23.8. The van der Waals surface area contributed by atoms with Gasteiger partial charge in [-0.2, -0.15) is 5.10 Å². The van der Waals surface area contributed by atoms with E-state index in [1.807, 2.05) is 19.1 Å². The fourth-order valence-electron chi connectivity index (χ4n) is 2.44. The largest absolute Gasteiger partial charge is 0.504 e. The molecule has 2 aromatic carbocycles. The Hall–Kier alpha value is -3.61. The number of benzene rings is 2. The zero-order chi connectivity index (χ0) is 20.5. The maximum Gasteiger partial charge on any atom is 0.249 e. The molecule has 0 heterocycles. The highest BCUT2D eigenvalue weighted by molar-refractivity contribution is 6.03. The molecular formula is C21H23N3O4. The SMILES string of the molecule is C=CCc1cc(C=NNC(=O)CC(=O)Nc2ccc(C)cc2)cc(OC)c1O. The first kappa shape index (κ1) is 20.7. The van der Waals surface area contributed by atoms with Crippen LogP contribution in [-0.4, -0.2) is 30.2 Å². The van der Waals surface area contributed by atoms with Gasteiger partial charge in [-0.25, -0.2) is 5.43 Å². The molecule has 0 aliphatic rings. The zero-order valence-corrected chi connectivity index (χ0v) is 15.9. The van der Waals surface area contributed by atoms with E-state index in [1.165, 1.54) is 13.3 Å². The predicted molar refractivity (Wildman–Crippen MR) is 109 cm³/mol. The van der Waals surface area contributed by atoms with Crippen molar-refractivity contribution in [2.75, 3.05) is 12.4 Å². The van der Waals surface area contributed by atoms with E-state index in [0.717, 1.165) is 5.56 Å². The number of phenols is 1. The van der Waals surface area contributed by atoms with Gasteiger partial charge in [0.25, 0.3) is 0 Å². The Morgan fingerprint density at radius 1 is 1.21 bits per heavy atom. The van der Waals surface area contributed by atoms with Crippen LogP contribution in [0.4, 0.5) is 5.69 Å². The first-order valence-corrected chi connectivity index (χ1v) is 8.62. The molecule has 0 radical (unpaired) electrons. The number of allylic oxidation sites excluding steroid dienone is 1. The molecule has 0 aliphatic heterocycles. The van der Waals surface area contributed by atoms with Crippen molar-refractivity contribution in [3.05, 3.63) is 65.7 Å². The molecule has 0 aliphatic carbocycles. The van der Waals surface area contributed by atoms with Gasteiger partial charge in [-0.15, -0.1) is 6.58 Å². The van der Waals surface area contributed by atoms with E-state index in [0.29, 0.717) is 29.0 Å². The standard InChI is InChI=1S/C21H23N3O4/c1-4-5-16-10-15(11-18(28-3)21(16)27)13-22-24-20(26)12-19(25)23-17-8-6-14(2)7-9-17/h4,6-11,13,27H,1,5,12H2,2-3H3,(H,23,25)(H,24,26). The molecule has 0 atom stereocenters. The normalized spacial score (nSPS) is 10.5. The number of hydrogen-bond acceptors (Lipinski definition) is 5. The third-order valence-corrected chi connectivity index (χ3v) is 3.82. The van der Waals surface area contributed by atoms with Crippen molar-refractivity contribution in [2.24, 2.45) is 5.10 Å². The molecule has 2 amide bonds. The zero-order valence-electron chi connectivity index (χ0n) is 15.9. The molecule has 0 spiro atoms. The molecule has 0 aromatic heterocycles. The molecule has 0 saturated heterocycles. The van der Waals surface area contributed by atoms with E-state index in [1.54, 1.807) is 30.3 Å². The van der Waals surface area contributed by atoms with Gasteiger partial charge in [0.05, 0.1) is 13.3 Å². The number of aryl methyl sites for hydroxylation is 1. The van der Waals surface area contributed by atoms with Crippen LogP contribution in [0.2, 0.25) is 0 Å². The fourth-order valence-corrected chi connectivity index (χ4v) is 2.44. The van der Waals surface area contributed by atoms with Crippen LogP contribution in [0, 0.1) is 6.92 Å². The van der Waals surface area contributed by atoms with E-state index in [2.05, 4.69) is 22.4 Å². The number of amides is 2. The quantitative estimate of drug-likeness (QED) is 0.283. The number of nitrogens with one attached hydrogen (secondary N) is 2. The smallest absolute Gasteiger partial charge is 0.249 e. The van der Waals surface area contributed by atoms with Gasteiger partial charge in [0.15, 0.2) is 11.5 Å². The summed E-state index contributed by atoms with van der Waals surface area (Å²) in [5.74, 6) is -0.644. The van der Waals surface area contributed by atoms with Crippen LogP contribution in [0.15, 0.2) is 54.2 Å². The minimum Gasteiger partial charge on any atom is -0.504 e. The summed E-state index contributed by atoms with van der Waals surface area (Å²) in [7, 11) is 1.45. The Balaban J connectivity index is 1.93. The number of aromatic hydroxyl groups is 1. The topological polar surface area (TPSA) is 100 Å². The monoisotopic (exact) mass is 381 g/mol. The van der Waals surface area contributed by atoms with Crippen LogP contribution in [0.25, 0.3) is 0 Å². The van der Waals surface area contributed by atoms with Crippen LogP contribution in [0.5, 0.6) is 11.5 Å². The third kappa shape index (κ3) is 5.98. The molecule has 2 aromatic rings. The summed E-state index contributed by atoms with van der Waals surface area (Å²) >= 11 is 0. The van der Waals surface area contributed by atoms with Gasteiger partial charge in [-0.1, -0.05) is 23.8 Å². The number of ether oxygens (including phenoxy) is 1. The van der Waals surface area contributed by atoms with E-state index < -0.39 is 11.8 Å². The summed E-state index contributed by atoms with van der Waals surface area (Å²) in [6.07, 6.45) is 3.16. The lowest BCUT2D eigenvalue weighted by Gasteiger charge is -2.09. The van der Waals surface area contributed by atoms with Gasteiger partial charge < -0.3 is 15.2 Å². The maximum atomic E-state index is 11.9. The summed E-state index contributed by atoms with van der Waals surface area (Å²) in [5, 5.41) is 16.6. The molecule has 0 fully saturated rings. The number of hydrazone groups is 1. The Morgan fingerprint density at radius 3 is 2.57 bits per heavy atom. The number of phenolic OH excluding ortho intramolecular Hbond substituents is 1. The van der Waals surface area contributed by atoms with E-state index in [4.69, 9.17) is 4.74 Å². The summed E-state index contributed by atoms with van der Waals surface area (Å²) in [6, 6.07) is 10.6. The molecule has 7 heteroatoms. The first-order valence-electron chi connectivity index (χ1n) is 8.62. The average molecular weight is 381 g/mol. The van der Waals surface area contributed by atoms with E-state index in [9.17, 15) is 14.7 Å². The van der Waals surface area contributed by atoms with Gasteiger partial charge in [-0.05, 0) is 43.2 Å². The van der Waals surface area contributed by atoms with Gasteiger partial charge in [-0.3, -0.25) is 9.59 Å². The Morgan fingerprint density at radius 2 is 1.93 bits per heavy atom. The highest BCUT2D eigenvalue weighted by Gasteiger charge is 2.10. The van der Waals surface area contributed by atoms with Gasteiger partial charge in [0, 0.05) is 11.3 Å². The molecule has 0 bridgehead atoms. The lowest BCUT2D eigenvalue weighted by Crippen LogP contribution is -2.24. The molecule has 0 saturated carbocycles. The third-order valence-electron chi connectivity index (χ3n) is 3.82. The van der Waals surface area contributed by atoms with Crippen LogP contribution in [0.1, 0.15) is 23.1 Å². The van der Waals surface area contributed by atoms with Crippen LogP contribution < -0.4 is 15.5 Å². The van der Waals surface area contributed by atoms with Crippen molar-refractivity contribution in [1.29, 1.82) is 0 Å². The highest BCUT2D eigenvalue weighted by atomic mass is 16.5. The molecule has 0 unspecified atom stereocenters. The fraction of sp³-hybridized carbons (Fsp3) is 0.190. The second-order valence-electron chi connectivity index (χ2n) is 6.11. The minimum atomic E-state index is -0.544. The summed E-state index contributed by atoms with van der Waals surface area (Å²) < 4.78 is 5.13. The van der Waals surface area contributed by atoms with Crippen molar-refractivity contribution in [3.8, 4) is 11.5 Å². The van der Waals surface area contributed by atoms with Crippen molar-refractivity contribution in [2.45, 2.75) is 19.8 Å². The minimum absolute atomic E-state index is 0.0383. The van der Waals surface area contributed by atoms with Crippen molar-refractivity contribution in [3.63, 3.8) is 0 Å². The lowest BCUT2D eigenvalue weighted by atomic mass is 10.1. The Kier molecular flexibility index (Phi) is 7.33. The second-order valence-corrected chi connectivity index (χ2v) is 6.11. The average Bonchev–Trinajstić information content (AvgIpc) is 2.66. The van der Waals surface area contributed by atoms with Gasteiger partial charge >= 0.3 is 0 Å². The number of anilines is 1. The van der Waals surface area contributed by atoms with Gasteiger partial charge in [0.2, 0.25) is 11.8 Å². The van der Waals surface area contributed by atoms with E-state index >= 15 is 0 Å². The van der Waals surface area contributed by atoms with Crippen LogP contribution >= 0.6 is 0 Å². The molecule has 146 valence electrons. The summed E-state index contributed by atoms with van der Waals surface area (Å²) in [5.41, 5.74) is 5.25. The van der Waals surface area contributed by atoms with Crippen molar-refractivity contribution in [1.82, 2.24) is 5.43 Å². The lowest BCUT2D eigenvalue weighted by molar-refractivity contribution is -0.126. The van der Waals surface area contributed by atoms with Crippen LogP contribution in [-0.2, 0) is 16.0 Å². The van der Waals surface area contributed by atoms with Crippen molar-refractivity contribution < 1.29 is 19.4 Å². The molecule has 2 rings (SSSR count). The summed E-state index contributed by atoms with van der Waals surface area (Å²) in [6.45, 7) is 5.59. The number of carbonyl (C=O) groups is 2. The van der Waals surface area contributed by atoms with Gasteiger partial charge in [0.1, 0.15) is 6.42 Å². The first-order chi connectivity index (χ1) is 13.4. The number of methoxy groups -OCH3 is 1. The van der Waals surface area contributed by atoms with E-state index in [-0.39, 0.29) is 12.2 Å². The molecule has 3 N–H and O–H groups in total. The maximum absolute atomic E-state index is 11.9. The number of nitrogens with zero attached hydrogens (tertiary/aromatic N) is 1. The van der Waals surface area contributed by atoms with Crippen LogP contribution in [0.3, 0.4) is 0 Å². The number of hydrogen-bond donors (Lipinski definition) is 3.